The van der Waals surface area contributed by atoms with E-state index in [-0.39, 0.29) is 25.7 Å². The molecule has 240 valence electrons. The minimum atomic E-state index is -1.35. The molecule has 0 saturated heterocycles. The van der Waals surface area contributed by atoms with E-state index in [1.54, 1.807) is 24.6 Å². The van der Waals surface area contributed by atoms with E-state index in [0.29, 0.717) is 12.1 Å². The maximum absolute atomic E-state index is 13.8. The highest BCUT2D eigenvalue weighted by Crippen LogP contribution is 2.28. The molecule has 1 aliphatic carbocycles. The lowest BCUT2D eigenvalue weighted by molar-refractivity contribution is -0.146. The van der Waals surface area contributed by atoms with E-state index >= 15 is 0 Å². The van der Waals surface area contributed by atoms with E-state index in [1.807, 2.05) is 54.6 Å². The van der Waals surface area contributed by atoms with Crippen LogP contribution in [-0.4, -0.2) is 65.9 Å². The molecule has 11 nitrogen and oxygen atoms in total. The molecule has 11 heteroatoms. The van der Waals surface area contributed by atoms with Gasteiger partial charge in [-0.2, -0.15) is 0 Å². The Kier molecular flexibility index (Phi) is 12.3. The van der Waals surface area contributed by atoms with Gasteiger partial charge in [-0.15, -0.1) is 0 Å². The van der Waals surface area contributed by atoms with Crippen molar-refractivity contribution in [3.8, 4) is 0 Å². The number of carbonyl (C=O) groups is 5. The highest BCUT2D eigenvalue weighted by atomic mass is 16.5. The fraction of sp³-hybridized carbons (Fsp3) is 0.441. The Labute approximate surface area is 263 Å². The van der Waals surface area contributed by atoms with Crippen LogP contribution in [0.3, 0.4) is 0 Å². The highest BCUT2D eigenvalue weighted by molar-refractivity contribution is 6.38. The molecule has 1 aromatic heterocycles. The van der Waals surface area contributed by atoms with Gasteiger partial charge < -0.3 is 30.0 Å². The van der Waals surface area contributed by atoms with E-state index in [1.165, 1.54) is 0 Å². The van der Waals surface area contributed by atoms with Crippen molar-refractivity contribution in [3.63, 3.8) is 0 Å². The first-order valence-electron chi connectivity index (χ1n) is 15.5. The summed E-state index contributed by atoms with van der Waals surface area (Å²) in [6.07, 6.45) is 5.49. The summed E-state index contributed by atoms with van der Waals surface area (Å²) in [7, 11) is 1.79. The van der Waals surface area contributed by atoms with Gasteiger partial charge in [0.15, 0.2) is 0 Å². The maximum Gasteiger partial charge on any atom is 0.325 e. The predicted molar refractivity (Wildman–Crippen MR) is 168 cm³/mol. The van der Waals surface area contributed by atoms with Crippen molar-refractivity contribution in [3.05, 3.63) is 71.9 Å². The SMILES string of the molecule is CCOC(=O)CNC(=O)C(=O)C(COCc1ccccc1)NC(=O)[C@H](CC1CCCCC1)NC(=O)c1cc2ccccc2n1C. The quantitative estimate of drug-likeness (QED) is 0.175. The zero-order valence-corrected chi connectivity index (χ0v) is 25.9. The number of ether oxygens (including phenoxy) is 2. The second-order valence-corrected chi connectivity index (χ2v) is 11.3. The van der Waals surface area contributed by atoms with Crippen LogP contribution in [-0.2, 0) is 42.3 Å². The number of hydrogen-bond acceptors (Lipinski definition) is 7. The zero-order valence-electron chi connectivity index (χ0n) is 25.9. The average molecular weight is 619 g/mol. The number of esters is 1. The van der Waals surface area contributed by atoms with Crippen molar-refractivity contribution in [1.29, 1.82) is 0 Å². The molecule has 1 saturated carbocycles. The van der Waals surface area contributed by atoms with Crippen molar-refractivity contribution < 1.29 is 33.4 Å². The molecule has 4 rings (SSSR count). The molecule has 3 N–H and O–H groups in total. The Bertz CT molecular complexity index is 1480. The van der Waals surface area contributed by atoms with E-state index in [9.17, 15) is 24.0 Å². The molecule has 0 spiro atoms. The van der Waals surface area contributed by atoms with Gasteiger partial charge >= 0.3 is 5.97 Å². The van der Waals surface area contributed by atoms with Gasteiger partial charge in [0, 0.05) is 18.0 Å². The summed E-state index contributed by atoms with van der Waals surface area (Å²) in [4.78, 5) is 65.1. The number of rotatable bonds is 15. The van der Waals surface area contributed by atoms with Crippen LogP contribution in [0.2, 0.25) is 0 Å². The van der Waals surface area contributed by atoms with Crippen LogP contribution in [0.25, 0.3) is 10.9 Å². The summed E-state index contributed by atoms with van der Waals surface area (Å²) in [5, 5.41) is 8.73. The monoisotopic (exact) mass is 618 g/mol. The minimum absolute atomic E-state index is 0.127. The molecular formula is C34H42N4O7. The number of carbonyl (C=O) groups excluding carboxylic acids is 5. The van der Waals surface area contributed by atoms with Crippen molar-refractivity contribution >= 4 is 40.4 Å². The lowest BCUT2D eigenvalue weighted by Crippen LogP contribution is -2.56. The molecule has 3 aromatic rings. The van der Waals surface area contributed by atoms with Crippen LogP contribution in [0.4, 0.5) is 0 Å². The Balaban J connectivity index is 1.51. The molecule has 2 atom stereocenters. The largest absolute Gasteiger partial charge is 0.465 e. The van der Waals surface area contributed by atoms with Crippen LogP contribution in [0.5, 0.6) is 0 Å². The van der Waals surface area contributed by atoms with E-state index in [2.05, 4.69) is 16.0 Å². The average Bonchev–Trinajstić information content (AvgIpc) is 3.39. The lowest BCUT2D eigenvalue weighted by atomic mass is 9.84. The topological polar surface area (TPSA) is 145 Å². The number of aromatic nitrogens is 1. The number of Topliss-reactive ketones (excluding diaryl/α,β-unsaturated/α-hetero) is 1. The van der Waals surface area contributed by atoms with E-state index in [0.717, 1.165) is 48.6 Å². The summed E-state index contributed by atoms with van der Waals surface area (Å²) < 4.78 is 12.3. The Hall–Kier alpha value is -4.51. The van der Waals surface area contributed by atoms with Crippen molar-refractivity contribution in [1.82, 2.24) is 20.5 Å². The number of ketones is 1. The third-order valence-electron chi connectivity index (χ3n) is 8.05. The molecule has 2 aromatic carbocycles. The number of aryl methyl sites for hydroxylation is 1. The van der Waals surface area contributed by atoms with Crippen LogP contribution >= 0.6 is 0 Å². The maximum atomic E-state index is 13.8. The summed E-state index contributed by atoms with van der Waals surface area (Å²) >= 11 is 0. The Morgan fingerprint density at radius 1 is 0.911 bits per heavy atom. The molecule has 0 aliphatic heterocycles. The zero-order chi connectivity index (χ0) is 32.2. The first-order valence-corrected chi connectivity index (χ1v) is 15.5. The second kappa shape index (κ2) is 16.5. The molecule has 1 heterocycles. The summed E-state index contributed by atoms with van der Waals surface area (Å²) in [5.41, 5.74) is 2.12. The molecule has 3 amide bonds. The molecular weight excluding hydrogens is 576 g/mol. The second-order valence-electron chi connectivity index (χ2n) is 11.3. The van der Waals surface area contributed by atoms with Gasteiger partial charge in [0.1, 0.15) is 24.3 Å². The number of amides is 3. The number of hydrogen-bond donors (Lipinski definition) is 3. The number of nitrogens with zero attached hydrogens (tertiary/aromatic N) is 1. The molecule has 1 unspecified atom stereocenters. The van der Waals surface area contributed by atoms with E-state index in [4.69, 9.17) is 9.47 Å². The Morgan fingerprint density at radius 2 is 1.62 bits per heavy atom. The van der Waals surface area contributed by atoms with Gasteiger partial charge in [0.2, 0.25) is 11.7 Å². The van der Waals surface area contributed by atoms with E-state index < -0.39 is 48.1 Å². The minimum Gasteiger partial charge on any atom is -0.465 e. The van der Waals surface area contributed by atoms with Gasteiger partial charge in [-0.25, -0.2) is 0 Å². The smallest absolute Gasteiger partial charge is 0.325 e. The van der Waals surface area contributed by atoms with Gasteiger partial charge in [0.25, 0.3) is 11.8 Å². The normalized spacial score (nSPS) is 14.7. The van der Waals surface area contributed by atoms with Crippen molar-refractivity contribution in [2.75, 3.05) is 19.8 Å². The van der Waals surface area contributed by atoms with Crippen LogP contribution in [0.15, 0.2) is 60.7 Å². The molecule has 1 fully saturated rings. The van der Waals surface area contributed by atoms with Crippen LogP contribution in [0, 0.1) is 5.92 Å². The van der Waals surface area contributed by atoms with Crippen molar-refractivity contribution in [2.45, 2.75) is 64.1 Å². The standard InChI is InChI=1S/C34H42N4O7/c1-3-45-30(39)20-35-34(43)31(40)27(22-44-21-24-14-8-5-9-15-24)37-32(41)26(18-23-12-6-4-7-13-23)36-33(42)29-19-25-16-10-11-17-28(25)38(29)2/h5,8-11,14-17,19,23,26-27H,3-4,6-7,12-13,18,20-22H2,1-2H3,(H,35,43)(H,36,42)(H,37,41)/t26-,27?/m0/s1. The third kappa shape index (κ3) is 9.49. The number of fused-ring (bicyclic) bond motifs is 1. The predicted octanol–water partition coefficient (Wildman–Crippen LogP) is 3.20. The Morgan fingerprint density at radius 3 is 2.33 bits per heavy atom. The third-order valence-corrected chi connectivity index (χ3v) is 8.05. The molecule has 1 aliphatic rings. The van der Waals surface area contributed by atoms with Gasteiger partial charge in [-0.3, -0.25) is 24.0 Å². The molecule has 45 heavy (non-hydrogen) atoms. The number of benzene rings is 2. The first kappa shape index (κ1) is 33.4. The first-order chi connectivity index (χ1) is 21.8. The summed E-state index contributed by atoms with van der Waals surface area (Å²) in [6.45, 7) is 1.12. The highest BCUT2D eigenvalue weighted by Gasteiger charge is 2.33. The van der Waals surface area contributed by atoms with Crippen LogP contribution in [0.1, 0.15) is 61.5 Å². The molecule has 0 radical (unpaired) electrons. The molecule has 0 bridgehead atoms. The fourth-order valence-corrected chi connectivity index (χ4v) is 5.66. The number of nitrogens with one attached hydrogen (secondary N) is 3. The lowest BCUT2D eigenvalue weighted by Gasteiger charge is -2.28. The summed E-state index contributed by atoms with van der Waals surface area (Å²) in [6, 6.07) is 16.3. The van der Waals surface area contributed by atoms with Gasteiger partial charge in [-0.05, 0) is 37.0 Å². The number of para-hydroxylation sites is 1. The van der Waals surface area contributed by atoms with Crippen LogP contribution < -0.4 is 16.0 Å². The fourth-order valence-electron chi connectivity index (χ4n) is 5.66. The summed E-state index contributed by atoms with van der Waals surface area (Å²) in [5.74, 6) is -3.51. The van der Waals surface area contributed by atoms with Gasteiger partial charge in [-0.1, -0.05) is 80.6 Å². The van der Waals surface area contributed by atoms with Gasteiger partial charge in [0.05, 0.1) is 19.8 Å². The van der Waals surface area contributed by atoms with Crippen molar-refractivity contribution in [2.24, 2.45) is 13.0 Å².